The maximum atomic E-state index is 11.7. The molecule has 0 aromatic carbocycles. The van der Waals surface area contributed by atoms with E-state index in [-0.39, 0.29) is 17.5 Å². The highest BCUT2D eigenvalue weighted by Gasteiger charge is 2.22. The van der Waals surface area contributed by atoms with Crippen molar-refractivity contribution in [1.29, 1.82) is 0 Å². The monoisotopic (exact) mass is 283 g/mol. The lowest BCUT2D eigenvalue weighted by molar-refractivity contribution is -0.138. The molecule has 0 amide bonds. The number of nitrogens with zero attached hydrogens (tertiary/aromatic N) is 1. The van der Waals surface area contributed by atoms with Crippen molar-refractivity contribution in [3.63, 3.8) is 0 Å². The molecule has 0 aromatic rings. The Morgan fingerprint density at radius 1 is 1.00 bits per heavy atom. The summed E-state index contributed by atoms with van der Waals surface area (Å²) in [7, 11) is 3.88. The number of carbonyl (C=O) groups excluding carboxylic acids is 2. The first-order chi connectivity index (χ1) is 9.62. The Hall–Kier alpha value is -1.85. The molecule has 112 valence electrons. The van der Waals surface area contributed by atoms with Crippen LogP contribution in [-0.4, -0.2) is 45.2 Å². The van der Waals surface area contributed by atoms with Gasteiger partial charge in [-0.05, 0) is 12.8 Å². The second kappa shape index (κ2) is 8.35. The van der Waals surface area contributed by atoms with Crippen LogP contribution in [0.2, 0.25) is 0 Å². The molecule has 0 aromatic heterocycles. The highest BCUT2D eigenvalue weighted by molar-refractivity contribution is 6.19. The Kier molecular flexibility index (Phi) is 6.76. The van der Waals surface area contributed by atoms with E-state index in [9.17, 15) is 9.59 Å². The summed E-state index contributed by atoms with van der Waals surface area (Å²) in [6, 6.07) is 0.115. The number of methoxy groups -OCH3 is 3. The topological polar surface area (TPSA) is 74.2 Å². The Morgan fingerprint density at radius 3 is 2.15 bits per heavy atom. The van der Waals surface area contributed by atoms with Crippen LogP contribution in [0.25, 0.3) is 0 Å². The van der Waals surface area contributed by atoms with Crippen molar-refractivity contribution in [2.24, 2.45) is 4.99 Å². The SMILES string of the molecule is COC(=O)/C=C(/C(=O)OC)C(=NC1CCCCC1)OC. The number of ether oxygens (including phenoxy) is 3. The molecule has 0 unspecified atom stereocenters. The van der Waals surface area contributed by atoms with Crippen LogP contribution in [0.15, 0.2) is 16.6 Å². The highest BCUT2D eigenvalue weighted by atomic mass is 16.5. The molecule has 1 fully saturated rings. The molecule has 0 saturated heterocycles. The van der Waals surface area contributed by atoms with E-state index in [1.165, 1.54) is 27.8 Å². The molecule has 0 spiro atoms. The normalized spacial score (nSPS) is 17.6. The first-order valence-electron chi connectivity index (χ1n) is 6.62. The summed E-state index contributed by atoms with van der Waals surface area (Å²) in [6.45, 7) is 0. The van der Waals surface area contributed by atoms with Crippen LogP contribution >= 0.6 is 0 Å². The fourth-order valence-corrected chi connectivity index (χ4v) is 2.10. The lowest BCUT2D eigenvalue weighted by Gasteiger charge is -2.19. The van der Waals surface area contributed by atoms with Gasteiger partial charge in [0.05, 0.1) is 27.4 Å². The molecular formula is C14H21NO5. The number of carbonyl (C=O) groups is 2. The summed E-state index contributed by atoms with van der Waals surface area (Å²) in [5.41, 5.74) is -0.0209. The van der Waals surface area contributed by atoms with E-state index in [0.29, 0.717) is 0 Å². The number of aliphatic imine (C=N–C) groups is 1. The molecule has 6 heteroatoms. The van der Waals surface area contributed by atoms with Crippen LogP contribution in [0.1, 0.15) is 32.1 Å². The third-order valence-electron chi connectivity index (χ3n) is 3.17. The maximum absolute atomic E-state index is 11.7. The molecule has 1 aliphatic carbocycles. The van der Waals surface area contributed by atoms with Crippen LogP contribution in [0.4, 0.5) is 0 Å². The first kappa shape index (κ1) is 16.2. The third-order valence-corrected chi connectivity index (χ3v) is 3.17. The van der Waals surface area contributed by atoms with Crippen molar-refractivity contribution < 1.29 is 23.8 Å². The van der Waals surface area contributed by atoms with Crippen LogP contribution in [-0.2, 0) is 23.8 Å². The van der Waals surface area contributed by atoms with Gasteiger partial charge in [0, 0.05) is 6.08 Å². The van der Waals surface area contributed by atoms with Gasteiger partial charge >= 0.3 is 11.9 Å². The minimum atomic E-state index is -0.674. The van der Waals surface area contributed by atoms with Gasteiger partial charge in [-0.15, -0.1) is 0 Å². The number of rotatable bonds is 4. The molecule has 0 aliphatic heterocycles. The van der Waals surface area contributed by atoms with E-state index in [4.69, 9.17) is 4.74 Å². The van der Waals surface area contributed by atoms with Gasteiger partial charge in [-0.25, -0.2) is 14.6 Å². The zero-order valence-corrected chi connectivity index (χ0v) is 12.2. The average Bonchev–Trinajstić information content (AvgIpc) is 2.50. The van der Waals surface area contributed by atoms with Crippen LogP contribution in [0.3, 0.4) is 0 Å². The molecule has 20 heavy (non-hydrogen) atoms. The van der Waals surface area contributed by atoms with Crippen molar-refractivity contribution in [1.82, 2.24) is 0 Å². The van der Waals surface area contributed by atoms with Gasteiger partial charge in [0.15, 0.2) is 0 Å². The third kappa shape index (κ3) is 4.68. The number of hydrogen-bond donors (Lipinski definition) is 0. The quantitative estimate of drug-likeness (QED) is 0.339. The minimum absolute atomic E-state index is 0.0209. The summed E-state index contributed by atoms with van der Waals surface area (Å²) in [4.78, 5) is 27.5. The van der Waals surface area contributed by atoms with Crippen molar-refractivity contribution in [3.8, 4) is 0 Å². The van der Waals surface area contributed by atoms with E-state index in [1.807, 2.05) is 0 Å². The first-order valence-corrected chi connectivity index (χ1v) is 6.62. The zero-order chi connectivity index (χ0) is 15.0. The summed E-state index contributed by atoms with van der Waals surface area (Å²) in [5, 5.41) is 0. The second-order valence-corrected chi connectivity index (χ2v) is 4.50. The fraction of sp³-hybridized carbons (Fsp3) is 0.643. The molecule has 0 N–H and O–H groups in total. The van der Waals surface area contributed by atoms with E-state index >= 15 is 0 Å². The van der Waals surface area contributed by atoms with Crippen molar-refractivity contribution >= 4 is 17.8 Å². The van der Waals surface area contributed by atoms with Gasteiger partial charge in [-0.1, -0.05) is 19.3 Å². The van der Waals surface area contributed by atoms with Gasteiger partial charge in [0.1, 0.15) is 5.57 Å². The summed E-state index contributed by atoms with van der Waals surface area (Å²) in [6.07, 6.45) is 6.38. The van der Waals surface area contributed by atoms with Crippen LogP contribution in [0, 0.1) is 0 Å². The van der Waals surface area contributed by atoms with Gasteiger partial charge in [-0.2, -0.15) is 0 Å². The Morgan fingerprint density at radius 2 is 1.65 bits per heavy atom. The lowest BCUT2D eigenvalue weighted by Crippen LogP contribution is -2.21. The van der Waals surface area contributed by atoms with Crippen LogP contribution < -0.4 is 0 Å². The molecule has 0 heterocycles. The fourth-order valence-electron chi connectivity index (χ4n) is 2.10. The van der Waals surface area contributed by atoms with Gasteiger partial charge in [0.25, 0.3) is 0 Å². The summed E-state index contributed by atoms with van der Waals surface area (Å²) in [5.74, 6) is -1.21. The lowest BCUT2D eigenvalue weighted by atomic mass is 9.96. The minimum Gasteiger partial charge on any atom is -0.481 e. The molecule has 6 nitrogen and oxygen atoms in total. The highest BCUT2D eigenvalue weighted by Crippen LogP contribution is 2.21. The smallest absolute Gasteiger partial charge is 0.343 e. The van der Waals surface area contributed by atoms with Gasteiger partial charge in [-0.3, -0.25) is 0 Å². The van der Waals surface area contributed by atoms with E-state index in [2.05, 4.69) is 14.5 Å². The van der Waals surface area contributed by atoms with Gasteiger partial charge in [0.2, 0.25) is 5.90 Å². The van der Waals surface area contributed by atoms with Crippen molar-refractivity contribution in [3.05, 3.63) is 11.6 Å². The standard InChI is InChI=1S/C14H21NO5/c1-18-12(16)9-11(14(17)20-3)13(19-2)15-10-7-5-4-6-8-10/h9-10H,4-8H2,1-3H3/b11-9+,15-13?. The maximum Gasteiger partial charge on any atom is 0.343 e. The van der Waals surface area contributed by atoms with Crippen molar-refractivity contribution in [2.45, 2.75) is 38.1 Å². The molecule has 0 atom stereocenters. The Balaban J connectivity index is 3.00. The van der Waals surface area contributed by atoms with Crippen LogP contribution in [0.5, 0.6) is 0 Å². The average molecular weight is 283 g/mol. The Bertz CT molecular complexity index is 408. The summed E-state index contributed by atoms with van der Waals surface area (Å²) >= 11 is 0. The largest absolute Gasteiger partial charge is 0.481 e. The van der Waals surface area contributed by atoms with Gasteiger partial charge < -0.3 is 14.2 Å². The molecule has 1 rings (SSSR count). The van der Waals surface area contributed by atoms with E-state index in [1.54, 1.807) is 0 Å². The summed E-state index contributed by atoms with van der Waals surface area (Å²) < 4.78 is 14.3. The second-order valence-electron chi connectivity index (χ2n) is 4.50. The number of esters is 2. The number of hydrogen-bond acceptors (Lipinski definition) is 6. The van der Waals surface area contributed by atoms with E-state index in [0.717, 1.165) is 31.8 Å². The Labute approximate surface area is 118 Å². The molecular weight excluding hydrogens is 262 g/mol. The zero-order valence-electron chi connectivity index (χ0n) is 12.2. The molecule has 0 radical (unpaired) electrons. The van der Waals surface area contributed by atoms with Crippen molar-refractivity contribution in [2.75, 3.05) is 21.3 Å². The molecule has 0 bridgehead atoms. The predicted octanol–water partition coefficient (Wildman–Crippen LogP) is 1.64. The van der Waals surface area contributed by atoms with E-state index < -0.39 is 11.9 Å². The molecule has 1 aliphatic rings. The molecule has 1 saturated carbocycles. The predicted molar refractivity (Wildman–Crippen MR) is 73.4 cm³/mol.